The Hall–Kier alpha value is -1.59. The van der Waals surface area contributed by atoms with Crippen molar-refractivity contribution >= 4 is 5.91 Å². The van der Waals surface area contributed by atoms with Gasteiger partial charge in [0, 0.05) is 25.9 Å². The number of nitrogens with one attached hydrogen (secondary N) is 1. The number of morpholine rings is 1. The number of benzene rings is 1. The number of nitrogens with zero attached hydrogens (tertiary/aromatic N) is 1. The third-order valence-corrected chi connectivity index (χ3v) is 5.26. The van der Waals surface area contributed by atoms with E-state index in [1.54, 1.807) is 12.0 Å². The number of hydrogen-bond acceptors (Lipinski definition) is 3. The first kappa shape index (κ1) is 17.2. The smallest absolute Gasteiger partial charge is 0.257 e. The summed E-state index contributed by atoms with van der Waals surface area (Å²) in [5, 5.41) is 0. The van der Waals surface area contributed by atoms with Crippen molar-refractivity contribution in [1.29, 1.82) is 0 Å². The first-order valence-corrected chi connectivity index (χ1v) is 9.00. The Labute approximate surface area is 144 Å². The topological polar surface area (TPSA) is 43.2 Å². The molecule has 0 spiro atoms. The van der Waals surface area contributed by atoms with Crippen LogP contribution in [-0.2, 0) is 4.74 Å². The average molecular weight is 333 g/mol. The molecule has 2 heterocycles. The van der Waals surface area contributed by atoms with E-state index in [0.29, 0.717) is 29.6 Å². The number of amides is 1. The summed E-state index contributed by atoms with van der Waals surface area (Å²) in [5.74, 6) is 0.746. The van der Waals surface area contributed by atoms with Gasteiger partial charge in [0.2, 0.25) is 0 Å². The Morgan fingerprint density at radius 3 is 2.42 bits per heavy atom. The van der Waals surface area contributed by atoms with Crippen LogP contribution in [0.15, 0.2) is 24.3 Å². The number of piperidine rings is 1. The van der Waals surface area contributed by atoms with Crippen molar-refractivity contribution in [1.82, 2.24) is 4.90 Å². The third kappa shape index (κ3) is 3.73. The third-order valence-electron chi connectivity index (χ3n) is 5.26. The molecule has 1 N–H and O–H groups in total. The van der Waals surface area contributed by atoms with E-state index in [0.717, 1.165) is 39.0 Å². The van der Waals surface area contributed by atoms with Crippen LogP contribution < -0.4 is 9.64 Å². The van der Waals surface area contributed by atoms with Gasteiger partial charge in [0.1, 0.15) is 31.0 Å². The molecule has 1 amide bonds. The van der Waals surface area contributed by atoms with E-state index in [4.69, 9.17) is 9.47 Å². The second-order valence-electron chi connectivity index (χ2n) is 7.09. The average Bonchev–Trinajstić information content (AvgIpc) is 2.60. The van der Waals surface area contributed by atoms with E-state index < -0.39 is 0 Å². The molecule has 5 heteroatoms. The summed E-state index contributed by atoms with van der Waals surface area (Å²) in [6.45, 7) is 8.14. The Bertz CT molecular complexity index is 559. The number of rotatable bonds is 3. The molecule has 1 aromatic carbocycles. The molecule has 2 saturated heterocycles. The highest BCUT2D eigenvalue weighted by molar-refractivity contribution is 5.97. The molecule has 2 fully saturated rings. The number of carbonyl (C=O) groups is 1. The van der Waals surface area contributed by atoms with Gasteiger partial charge in [0.25, 0.3) is 5.91 Å². The standard InChI is InChI=1S/C19H28N2O3/c1-14-12-21(13-15(2)24-14)16-8-10-20(11-9-16)19(22)17-6-4-5-7-18(17)23-3/h4-7,14-16H,8-13H2,1-3H3/p+1/t14-,15-/m0/s1. The van der Waals surface area contributed by atoms with Gasteiger partial charge < -0.3 is 19.3 Å². The molecule has 24 heavy (non-hydrogen) atoms. The zero-order valence-electron chi connectivity index (χ0n) is 15.0. The second-order valence-corrected chi connectivity index (χ2v) is 7.09. The summed E-state index contributed by atoms with van der Waals surface area (Å²) in [4.78, 5) is 16.4. The molecular weight excluding hydrogens is 304 g/mol. The fourth-order valence-corrected chi connectivity index (χ4v) is 4.13. The lowest BCUT2D eigenvalue weighted by atomic mass is 10.0. The Kier molecular flexibility index (Phi) is 5.41. The van der Waals surface area contributed by atoms with Gasteiger partial charge in [-0.3, -0.25) is 4.79 Å². The molecular formula is C19H29N2O3+. The van der Waals surface area contributed by atoms with E-state index >= 15 is 0 Å². The summed E-state index contributed by atoms with van der Waals surface area (Å²) < 4.78 is 11.2. The van der Waals surface area contributed by atoms with Gasteiger partial charge in [0.15, 0.2) is 0 Å². The van der Waals surface area contributed by atoms with Crippen molar-refractivity contribution < 1.29 is 19.2 Å². The van der Waals surface area contributed by atoms with Crippen molar-refractivity contribution in [2.75, 3.05) is 33.3 Å². The van der Waals surface area contributed by atoms with Crippen LogP contribution in [0.25, 0.3) is 0 Å². The molecule has 3 rings (SSSR count). The highest BCUT2D eigenvalue weighted by atomic mass is 16.5. The van der Waals surface area contributed by atoms with Crippen molar-refractivity contribution in [2.45, 2.75) is 44.9 Å². The van der Waals surface area contributed by atoms with Crippen LogP contribution in [0.5, 0.6) is 5.75 Å². The van der Waals surface area contributed by atoms with Crippen LogP contribution in [0.4, 0.5) is 0 Å². The van der Waals surface area contributed by atoms with Crippen molar-refractivity contribution in [2.24, 2.45) is 0 Å². The molecule has 0 radical (unpaired) electrons. The molecule has 5 nitrogen and oxygen atoms in total. The predicted octanol–water partition coefficient (Wildman–Crippen LogP) is 0.992. The van der Waals surface area contributed by atoms with Crippen LogP contribution in [-0.4, -0.2) is 62.3 Å². The van der Waals surface area contributed by atoms with Crippen LogP contribution in [0.1, 0.15) is 37.0 Å². The van der Waals surface area contributed by atoms with Crippen molar-refractivity contribution in [3.8, 4) is 5.75 Å². The number of carbonyl (C=O) groups excluding carboxylic acids is 1. The highest BCUT2D eigenvalue weighted by Gasteiger charge is 2.35. The molecule has 1 aromatic rings. The lowest BCUT2D eigenvalue weighted by molar-refractivity contribution is -0.940. The largest absolute Gasteiger partial charge is 0.496 e. The van der Waals surface area contributed by atoms with E-state index in [1.807, 2.05) is 29.2 Å². The highest BCUT2D eigenvalue weighted by Crippen LogP contribution is 2.21. The maximum Gasteiger partial charge on any atom is 0.257 e. The van der Waals surface area contributed by atoms with Crippen LogP contribution in [0.3, 0.4) is 0 Å². The number of quaternary nitrogens is 1. The van der Waals surface area contributed by atoms with Gasteiger partial charge in [-0.15, -0.1) is 0 Å². The Balaban J connectivity index is 1.59. The number of methoxy groups -OCH3 is 1. The van der Waals surface area contributed by atoms with E-state index in [1.165, 1.54) is 0 Å². The van der Waals surface area contributed by atoms with Crippen LogP contribution >= 0.6 is 0 Å². The number of ether oxygens (including phenoxy) is 2. The number of hydrogen-bond donors (Lipinski definition) is 1. The predicted molar refractivity (Wildman–Crippen MR) is 92.6 cm³/mol. The molecule has 0 bridgehead atoms. The quantitative estimate of drug-likeness (QED) is 0.897. The fraction of sp³-hybridized carbons (Fsp3) is 0.632. The van der Waals surface area contributed by atoms with Gasteiger partial charge in [-0.2, -0.15) is 0 Å². The summed E-state index contributed by atoms with van der Waals surface area (Å²) in [5.41, 5.74) is 0.666. The minimum Gasteiger partial charge on any atom is -0.496 e. The lowest BCUT2D eigenvalue weighted by Gasteiger charge is -2.41. The van der Waals surface area contributed by atoms with Gasteiger partial charge in [0.05, 0.1) is 18.7 Å². The zero-order chi connectivity index (χ0) is 17.1. The van der Waals surface area contributed by atoms with Crippen LogP contribution in [0.2, 0.25) is 0 Å². The minimum absolute atomic E-state index is 0.0876. The summed E-state index contributed by atoms with van der Waals surface area (Å²) in [7, 11) is 1.61. The van der Waals surface area contributed by atoms with E-state index in [2.05, 4.69) is 13.8 Å². The first-order valence-electron chi connectivity index (χ1n) is 9.00. The second kappa shape index (κ2) is 7.53. The molecule has 2 aliphatic heterocycles. The fourth-order valence-electron chi connectivity index (χ4n) is 4.13. The molecule has 132 valence electrons. The minimum atomic E-state index is 0.0876. The molecule has 0 aliphatic carbocycles. The molecule has 0 aromatic heterocycles. The summed E-state index contributed by atoms with van der Waals surface area (Å²) >= 11 is 0. The van der Waals surface area contributed by atoms with E-state index in [-0.39, 0.29) is 5.91 Å². The first-order chi connectivity index (χ1) is 11.6. The Morgan fingerprint density at radius 1 is 1.17 bits per heavy atom. The SMILES string of the molecule is COc1ccccc1C(=O)N1CCC([NH+]2C[C@H](C)O[C@@H](C)C2)CC1. The number of likely N-dealkylation sites (tertiary alicyclic amines) is 1. The van der Waals surface area contributed by atoms with Crippen LogP contribution in [0, 0.1) is 0 Å². The molecule has 2 atom stereocenters. The maximum absolute atomic E-state index is 12.8. The zero-order valence-corrected chi connectivity index (χ0v) is 15.0. The van der Waals surface area contributed by atoms with Gasteiger partial charge >= 0.3 is 0 Å². The summed E-state index contributed by atoms with van der Waals surface area (Å²) in [6, 6.07) is 8.13. The Morgan fingerprint density at radius 2 is 1.79 bits per heavy atom. The summed E-state index contributed by atoms with van der Waals surface area (Å²) in [6.07, 6.45) is 2.79. The van der Waals surface area contributed by atoms with E-state index in [9.17, 15) is 4.79 Å². The molecule has 0 unspecified atom stereocenters. The van der Waals surface area contributed by atoms with Gasteiger partial charge in [-0.25, -0.2) is 0 Å². The van der Waals surface area contributed by atoms with Gasteiger partial charge in [-0.05, 0) is 26.0 Å². The normalized spacial score (nSPS) is 28.6. The van der Waals surface area contributed by atoms with Crippen molar-refractivity contribution in [3.05, 3.63) is 29.8 Å². The number of para-hydroxylation sites is 1. The maximum atomic E-state index is 12.8. The van der Waals surface area contributed by atoms with Crippen molar-refractivity contribution in [3.63, 3.8) is 0 Å². The molecule has 0 saturated carbocycles. The van der Waals surface area contributed by atoms with Gasteiger partial charge in [-0.1, -0.05) is 12.1 Å². The lowest BCUT2D eigenvalue weighted by Crippen LogP contribution is -3.19. The molecule has 2 aliphatic rings. The monoisotopic (exact) mass is 333 g/mol.